The van der Waals surface area contributed by atoms with E-state index in [0.29, 0.717) is 46.5 Å². The van der Waals surface area contributed by atoms with Gasteiger partial charge in [0.2, 0.25) is 0 Å². The number of rotatable bonds is 2. The smallest absolute Gasteiger partial charge is 0.196 e. The van der Waals surface area contributed by atoms with Crippen molar-refractivity contribution in [3.63, 3.8) is 0 Å². The van der Waals surface area contributed by atoms with Crippen LogP contribution < -0.4 is 15.2 Å². The quantitative estimate of drug-likeness (QED) is 0.682. The summed E-state index contributed by atoms with van der Waals surface area (Å²) in [6.45, 7) is 0.931. The number of anilines is 1. The van der Waals surface area contributed by atoms with Crippen LogP contribution >= 0.6 is 11.6 Å². The number of carbonyl (C=O) groups is 1. The van der Waals surface area contributed by atoms with E-state index in [1.54, 1.807) is 36.4 Å². The lowest BCUT2D eigenvalue weighted by Crippen LogP contribution is -2.17. The second kappa shape index (κ2) is 5.06. The average molecular weight is 290 g/mol. The van der Waals surface area contributed by atoms with Crippen LogP contribution in [0.5, 0.6) is 11.5 Å². The van der Waals surface area contributed by atoms with Crippen molar-refractivity contribution >= 4 is 23.1 Å². The molecule has 1 aliphatic rings. The van der Waals surface area contributed by atoms with E-state index in [4.69, 9.17) is 26.8 Å². The number of ketones is 1. The Balaban J connectivity index is 2.06. The van der Waals surface area contributed by atoms with Gasteiger partial charge in [0, 0.05) is 22.9 Å². The van der Waals surface area contributed by atoms with Gasteiger partial charge in [-0.15, -0.1) is 0 Å². The van der Waals surface area contributed by atoms with Crippen LogP contribution in [0.3, 0.4) is 0 Å². The Kier molecular flexibility index (Phi) is 3.24. The molecule has 4 nitrogen and oxygen atoms in total. The molecular weight excluding hydrogens is 278 g/mol. The van der Waals surface area contributed by atoms with Gasteiger partial charge in [0.1, 0.15) is 13.2 Å². The summed E-state index contributed by atoms with van der Waals surface area (Å²) in [6, 6.07) is 10.1. The normalized spacial score (nSPS) is 13.1. The molecule has 0 atom stereocenters. The second-order valence-corrected chi connectivity index (χ2v) is 4.80. The summed E-state index contributed by atoms with van der Waals surface area (Å²) in [4.78, 5) is 12.5. The monoisotopic (exact) mass is 289 g/mol. The van der Waals surface area contributed by atoms with E-state index in [1.807, 2.05) is 0 Å². The van der Waals surface area contributed by atoms with E-state index in [0.717, 1.165) is 0 Å². The highest BCUT2D eigenvalue weighted by atomic mass is 35.5. The number of fused-ring (bicyclic) bond motifs is 1. The fourth-order valence-corrected chi connectivity index (χ4v) is 2.31. The van der Waals surface area contributed by atoms with Crippen molar-refractivity contribution in [2.45, 2.75) is 0 Å². The summed E-state index contributed by atoms with van der Waals surface area (Å²) in [5.74, 6) is 0.857. The minimum atomic E-state index is -0.231. The van der Waals surface area contributed by atoms with Gasteiger partial charge < -0.3 is 15.2 Å². The van der Waals surface area contributed by atoms with Crippen molar-refractivity contribution in [3.05, 3.63) is 52.5 Å². The first-order chi connectivity index (χ1) is 9.66. The largest absolute Gasteiger partial charge is 0.486 e. The van der Waals surface area contributed by atoms with Crippen molar-refractivity contribution in [2.24, 2.45) is 0 Å². The molecule has 0 aliphatic carbocycles. The molecule has 0 saturated carbocycles. The standard InChI is InChI=1S/C15H12ClNO3/c16-11-4-2-1-3-9(11)15(18)10-7-13-14(8-12(10)17)20-6-5-19-13/h1-4,7-8H,5-6,17H2. The van der Waals surface area contributed by atoms with E-state index in [-0.39, 0.29) is 5.78 Å². The highest BCUT2D eigenvalue weighted by Gasteiger charge is 2.20. The van der Waals surface area contributed by atoms with Crippen LogP contribution in [-0.4, -0.2) is 19.0 Å². The Morgan fingerprint density at radius 1 is 1.05 bits per heavy atom. The molecule has 1 aliphatic heterocycles. The Bertz CT molecular complexity index is 685. The van der Waals surface area contributed by atoms with Crippen LogP contribution in [0, 0.1) is 0 Å². The van der Waals surface area contributed by atoms with E-state index >= 15 is 0 Å². The third-order valence-corrected chi connectivity index (χ3v) is 3.41. The molecule has 0 radical (unpaired) electrons. The van der Waals surface area contributed by atoms with Crippen molar-refractivity contribution in [1.29, 1.82) is 0 Å². The molecule has 0 aromatic heterocycles. The predicted molar refractivity (Wildman–Crippen MR) is 76.7 cm³/mol. The summed E-state index contributed by atoms with van der Waals surface area (Å²) in [5, 5.41) is 0.395. The summed E-state index contributed by atoms with van der Waals surface area (Å²) in [5.41, 5.74) is 7.06. The van der Waals surface area contributed by atoms with Gasteiger partial charge in [-0.25, -0.2) is 0 Å². The van der Waals surface area contributed by atoms with Crippen LogP contribution in [0.25, 0.3) is 0 Å². The zero-order chi connectivity index (χ0) is 14.1. The summed E-state index contributed by atoms with van der Waals surface area (Å²) in [7, 11) is 0. The molecule has 0 bridgehead atoms. The van der Waals surface area contributed by atoms with Gasteiger partial charge in [0.05, 0.1) is 5.02 Å². The third kappa shape index (κ3) is 2.18. The Morgan fingerprint density at radius 3 is 2.40 bits per heavy atom. The molecular formula is C15H12ClNO3. The third-order valence-electron chi connectivity index (χ3n) is 3.08. The maximum absolute atomic E-state index is 12.5. The predicted octanol–water partition coefficient (Wildman–Crippen LogP) is 2.92. The Morgan fingerprint density at radius 2 is 1.70 bits per heavy atom. The van der Waals surface area contributed by atoms with Crippen LogP contribution in [-0.2, 0) is 0 Å². The SMILES string of the molecule is Nc1cc2c(cc1C(=O)c1ccccc1Cl)OCCO2. The summed E-state index contributed by atoms with van der Waals surface area (Å²) >= 11 is 6.05. The zero-order valence-corrected chi connectivity index (χ0v) is 11.3. The second-order valence-electron chi connectivity index (χ2n) is 4.39. The lowest BCUT2D eigenvalue weighted by Gasteiger charge is -2.20. The topological polar surface area (TPSA) is 61.6 Å². The van der Waals surface area contributed by atoms with E-state index in [2.05, 4.69) is 0 Å². The average Bonchev–Trinajstić information content (AvgIpc) is 2.46. The van der Waals surface area contributed by atoms with Crippen molar-refractivity contribution in [3.8, 4) is 11.5 Å². The van der Waals surface area contributed by atoms with Crippen LogP contribution in [0.15, 0.2) is 36.4 Å². The van der Waals surface area contributed by atoms with Crippen molar-refractivity contribution < 1.29 is 14.3 Å². The number of hydrogen-bond acceptors (Lipinski definition) is 4. The van der Waals surface area contributed by atoms with Crippen molar-refractivity contribution in [1.82, 2.24) is 0 Å². The molecule has 5 heteroatoms. The molecule has 102 valence electrons. The first kappa shape index (κ1) is 12.8. The minimum absolute atomic E-state index is 0.231. The fourth-order valence-electron chi connectivity index (χ4n) is 2.09. The maximum Gasteiger partial charge on any atom is 0.196 e. The number of halogens is 1. The molecule has 0 unspecified atom stereocenters. The minimum Gasteiger partial charge on any atom is -0.486 e. The lowest BCUT2D eigenvalue weighted by molar-refractivity contribution is 0.103. The number of nitrogens with two attached hydrogens (primary N) is 1. The van der Waals surface area contributed by atoms with Gasteiger partial charge in [-0.3, -0.25) is 4.79 Å². The van der Waals surface area contributed by atoms with E-state index in [1.165, 1.54) is 0 Å². The molecule has 3 rings (SSSR count). The van der Waals surface area contributed by atoms with E-state index < -0.39 is 0 Å². The van der Waals surface area contributed by atoms with E-state index in [9.17, 15) is 4.79 Å². The van der Waals surface area contributed by atoms with Gasteiger partial charge in [-0.2, -0.15) is 0 Å². The molecule has 2 aromatic rings. The van der Waals surface area contributed by atoms with Gasteiger partial charge in [0.25, 0.3) is 0 Å². The molecule has 1 heterocycles. The Labute approximate surface area is 121 Å². The molecule has 0 saturated heterocycles. The van der Waals surface area contributed by atoms with Crippen LogP contribution in [0.2, 0.25) is 5.02 Å². The molecule has 2 aromatic carbocycles. The molecule has 2 N–H and O–H groups in total. The number of nitrogen functional groups attached to an aromatic ring is 1. The fraction of sp³-hybridized carbons (Fsp3) is 0.133. The zero-order valence-electron chi connectivity index (χ0n) is 10.6. The summed E-state index contributed by atoms with van der Waals surface area (Å²) in [6.07, 6.45) is 0. The molecule has 20 heavy (non-hydrogen) atoms. The van der Waals surface area contributed by atoms with Gasteiger partial charge in [-0.1, -0.05) is 23.7 Å². The number of ether oxygens (including phenoxy) is 2. The first-order valence-electron chi connectivity index (χ1n) is 6.15. The lowest BCUT2D eigenvalue weighted by atomic mass is 10.0. The van der Waals surface area contributed by atoms with Gasteiger partial charge in [0.15, 0.2) is 17.3 Å². The molecule has 0 amide bonds. The number of benzene rings is 2. The van der Waals surface area contributed by atoms with Gasteiger partial charge >= 0.3 is 0 Å². The molecule has 0 fully saturated rings. The number of carbonyl (C=O) groups excluding carboxylic acids is 1. The van der Waals surface area contributed by atoms with Gasteiger partial charge in [-0.05, 0) is 18.2 Å². The molecule has 0 spiro atoms. The number of hydrogen-bond donors (Lipinski definition) is 1. The highest BCUT2D eigenvalue weighted by Crippen LogP contribution is 2.35. The Hall–Kier alpha value is -2.20. The highest BCUT2D eigenvalue weighted by molar-refractivity contribution is 6.35. The van der Waals surface area contributed by atoms with Crippen molar-refractivity contribution in [2.75, 3.05) is 18.9 Å². The van der Waals surface area contributed by atoms with Crippen LogP contribution in [0.4, 0.5) is 5.69 Å². The summed E-state index contributed by atoms with van der Waals surface area (Å²) < 4.78 is 10.9. The maximum atomic E-state index is 12.5. The first-order valence-corrected chi connectivity index (χ1v) is 6.53. The van der Waals surface area contributed by atoms with Crippen LogP contribution in [0.1, 0.15) is 15.9 Å².